The SMILES string of the molecule is CC.O=C(O)CC1CCc2ccccc2C1=O. The average molecular weight is 234 g/mol. The van der Waals surface area contributed by atoms with Gasteiger partial charge in [0.1, 0.15) is 0 Å². The van der Waals surface area contributed by atoms with Crippen molar-refractivity contribution in [3.8, 4) is 0 Å². The van der Waals surface area contributed by atoms with Gasteiger partial charge >= 0.3 is 5.97 Å². The molecule has 2 rings (SSSR count). The summed E-state index contributed by atoms with van der Waals surface area (Å²) in [6.45, 7) is 4.00. The van der Waals surface area contributed by atoms with E-state index in [2.05, 4.69) is 0 Å². The van der Waals surface area contributed by atoms with Crippen LogP contribution in [0.2, 0.25) is 0 Å². The van der Waals surface area contributed by atoms with Gasteiger partial charge < -0.3 is 5.11 Å². The summed E-state index contributed by atoms with van der Waals surface area (Å²) >= 11 is 0. The van der Waals surface area contributed by atoms with E-state index in [0.717, 1.165) is 12.0 Å². The molecule has 1 aromatic rings. The maximum Gasteiger partial charge on any atom is 0.304 e. The second-order valence-electron chi connectivity index (χ2n) is 3.85. The Bertz CT molecular complexity index is 410. The number of carbonyl (C=O) groups is 2. The molecular weight excluding hydrogens is 216 g/mol. The lowest BCUT2D eigenvalue weighted by Crippen LogP contribution is -2.24. The van der Waals surface area contributed by atoms with Crippen LogP contribution in [-0.2, 0) is 11.2 Å². The third-order valence-electron chi connectivity index (χ3n) is 2.84. The molecule has 0 radical (unpaired) electrons. The molecular formula is C14H18O3. The van der Waals surface area contributed by atoms with Gasteiger partial charge in [-0.25, -0.2) is 0 Å². The van der Waals surface area contributed by atoms with Crippen molar-refractivity contribution in [3.05, 3.63) is 35.4 Å². The summed E-state index contributed by atoms with van der Waals surface area (Å²) in [6, 6.07) is 7.44. The van der Waals surface area contributed by atoms with Crippen molar-refractivity contribution in [1.29, 1.82) is 0 Å². The Morgan fingerprint density at radius 1 is 1.35 bits per heavy atom. The molecule has 1 atom stereocenters. The van der Waals surface area contributed by atoms with Gasteiger partial charge in [0, 0.05) is 11.5 Å². The summed E-state index contributed by atoms with van der Waals surface area (Å²) in [5.74, 6) is -1.25. The topological polar surface area (TPSA) is 54.4 Å². The molecule has 0 spiro atoms. The first-order chi connectivity index (χ1) is 8.18. The number of ketones is 1. The van der Waals surface area contributed by atoms with E-state index in [1.165, 1.54) is 0 Å². The lowest BCUT2D eigenvalue weighted by atomic mass is 9.81. The van der Waals surface area contributed by atoms with Crippen LogP contribution in [0.3, 0.4) is 0 Å². The summed E-state index contributed by atoms with van der Waals surface area (Å²) in [5.41, 5.74) is 1.75. The highest BCUT2D eigenvalue weighted by molar-refractivity contribution is 6.01. The van der Waals surface area contributed by atoms with E-state index < -0.39 is 5.97 Å². The molecule has 0 saturated heterocycles. The summed E-state index contributed by atoms with van der Waals surface area (Å²) < 4.78 is 0. The Morgan fingerprint density at radius 3 is 2.65 bits per heavy atom. The van der Waals surface area contributed by atoms with Gasteiger partial charge in [-0.15, -0.1) is 0 Å². The summed E-state index contributed by atoms with van der Waals surface area (Å²) in [6.07, 6.45) is 1.41. The predicted molar refractivity (Wildman–Crippen MR) is 66.2 cm³/mol. The highest BCUT2D eigenvalue weighted by atomic mass is 16.4. The van der Waals surface area contributed by atoms with E-state index in [9.17, 15) is 9.59 Å². The molecule has 0 bridgehead atoms. The highest BCUT2D eigenvalue weighted by Gasteiger charge is 2.28. The molecule has 0 aliphatic heterocycles. The van der Waals surface area contributed by atoms with Gasteiger partial charge in [-0.05, 0) is 18.4 Å². The number of aryl methyl sites for hydroxylation is 1. The molecule has 1 N–H and O–H groups in total. The number of rotatable bonds is 2. The van der Waals surface area contributed by atoms with Crippen molar-refractivity contribution in [3.63, 3.8) is 0 Å². The van der Waals surface area contributed by atoms with Gasteiger partial charge in [-0.2, -0.15) is 0 Å². The number of hydrogen-bond acceptors (Lipinski definition) is 2. The second-order valence-corrected chi connectivity index (χ2v) is 3.85. The fourth-order valence-corrected chi connectivity index (χ4v) is 2.06. The molecule has 0 heterocycles. The van der Waals surface area contributed by atoms with Crippen molar-refractivity contribution >= 4 is 11.8 Å². The van der Waals surface area contributed by atoms with Gasteiger partial charge in [0.15, 0.2) is 5.78 Å². The minimum atomic E-state index is -0.896. The molecule has 0 aromatic heterocycles. The third kappa shape index (κ3) is 3.16. The largest absolute Gasteiger partial charge is 0.481 e. The van der Waals surface area contributed by atoms with Crippen LogP contribution in [-0.4, -0.2) is 16.9 Å². The molecule has 3 heteroatoms. The van der Waals surface area contributed by atoms with E-state index >= 15 is 0 Å². The number of hydrogen-bond donors (Lipinski definition) is 1. The lowest BCUT2D eigenvalue weighted by molar-refractivity contribution is -0.137. The molecule has 3 nitrogen and oxygen atoms in total. The fraction of sp³-hybridized carbons (Fsp3) is 0.429. The zero-order valence-corrected chi connectivity index (χ0v) is 10.3. The van der Waals surface area contributed by atoms with E-state index in [1.807, 2.05) is 32.0 Å². The van der Waals surface area contributed by atoms with Crippen molar-refractivity contribution < 1.29 is 14.7 Å². The molecule has 1 aliphatic carbocycles. The van der Waals surface area contributed by atoms with E-state index in [1.54, 1.807) is 6.07 Å². The van der Waals surface area contributed by atoms with Gasteiger partial charge in [-0.3, -0.25) is 9.59 Å². The van der Waals surface area contributed by atoms with Crippen LogP contribution in [0.1, 0.15) is 42.6 Å². The Balaban J connectivity index is 0.000000686. The van der Waals surface area contributed by atoms with Crippen molar-refractivity contribution in [1.82, 2.24) is 0 Å². The molecule has 0 amide bonds. The molecule has 1 unspecified atom stereocenters. The standard InChI is InChI=1S/C12H12O3.C2H6/c13-11(14)7-9-6-5-8-3-1-2-4-10(8)12(9)15;1-2/h1-4,9H,5-7H2,(H,13,14);1-2H3. The van der Waals surface area contributed by atoms with Gasteiger partial charge in [0.25, 0.3) is 0 Å². The van der Waals surface area contributed by atoms with Crippen LogP contribution < -0.4 is 0 Å². The van der Waals surface area contributed by atoms with Crippen LogP contribution in [0.25, 0.3) is 0 Å². The van der Waals surface area contributed by atoms with E-state index in [-0.39, 0.29) is 18.1 Å². The summed E-state index contributed by atoms with van der Waals surface area (Å²) in [7, 11) is 0. The van der Waals surface area contributed by atoms with Crippen LogP contribution in [0, 0.1) is 5.92 Å². The fourth-order valence-electron chi connectivity index (χ4n) is 2.06. The quantitative estimate of drug-likeness (QED) is 0.856. The molecule has 1 aromatic carbocycles. The first kappa shape index (κ1) is 13.4. The van der Waals surface area contributed by atoms with Crippen molar-refractivity contribution in [2.24, 2.45) is 5.92 Å². The first-order valence-electron chi connectivity index (χ1n) is 6.02. The maximum absolute atomic E-state index is 11.9. The van der Waals surface area contributed by atoms with E-state index in [0.29, 0.717) is 12.0 Å². The molecule has 17 heavy (non-hydrogen) atoms. The summed E-state index contributed by atoms with van der Waals surface area (Å²) in [5, 5.41) is 8.68. The van der Waals surface area contributed by atoms with Crippen molar-refractivity contribution in [2.75, 3.05) is 0 Å². The number of Topliss-reactive ketones (excluding diaryl/α,β-unsaturated/α-hetero) is 1. The molecule has 0 fully saturated rings. The molecule has 92 valence electrons. The highest BCUT2D eigenvalue weighted by Crippen LogP contribution is 2.27. The van der Waals surface area contributed by atoms with E-state index in [4.69, 9.17) is 5.11 Å². The Hall–Kier alpha value is -1.64. The summed E-state index contributed by atoms with van der Waals surface area (Å²) in [4.78, 5) is 22.5. The smallest absolute Gasteiger partial charge is 0.304 e. The Labute approximate surface area is 101 Å². The Kier molecular flexibility index (Phi) is 4.88. The lowest BCUT2D eigenvalue weighted by Gasteiger charge is -2.21. The van der Waals surface area contributed by atoms with Crippen LogP contribution in [0.4, 0.5) is 0 Å². The maximum atomic E-state index is 11.9. The van der Waals surface area contributed by atoms with Gasteiger partial charge in [0.2, 0.25) is 0 Å². The van der Waals surface area contributed by atoms with Crippen LogP contribution in [0.5, 0.6) is 0 Å². The van der Waals surface area contributed by atoms with Crippen molar-refractivity contribution in [2.45, 2.75) is 33.1 Å². The number of carboxylic acids is 1. The van der Waals surface area contributed by atoms with Gasteiger partial charge in [0.05, 0.1) is 6.42 Å². The zero-order chi connectivity index (χ0) is 12.8. The normalized spacial score (nSPS) is 17.8. The number of carboxylic acid groups (broad SMARTS) is 1. The number of carbonyl (C=O) groups excluding carboxylic acids is 1. The minimum absolute atomic E-state index is 0.0146. The molecule has 0 saturated carbocycles. The monoisotopic (exact) mass is 234 g/mol. The minimum Gasteiger partial charge on any atom is -0.481 e. The van der Waals surface area contributed by atoms with Crippen LogP contribution in [0.15, 0.2) is 24.3 Å². The predicted octanol–water partition coefficient (Wildman–Crippen LogP) is 2.93. The second kappa shape index (κ2) is 6.18. The first-order valence-corrected chi connectivity index (χ1v) is 6.02. The average Bonchev–Trinajstić information content (AvgIpc) is 2.35. The third-order valence-corrected chi connectivity index (χ3v) is 2.84. The number of benzene rings is 1. The number of aliphatic carboxylic acids is 1. The van der Waals surface area contributed by atoms with Crippen LogP contribution >= 0.6 is 0 Å². The van der Waals surface area contributed by atoms with Gasteiger partial charge in [-0.1, -0.05) is 38.1 Å². The molecule has 1 aliphatic rings. The Morgan fingerprint density at radius 2 is 2.00 bits per heavy atom. The number of fused-ring (bicyclic) bond motifs is 1. The zero-order valence-electron chi connectivity index (χ0n) is 10.3.